The molecule has 0 bridgehead atoms. The molecule has 2 unspecified atom stereocenters. The number of nitrogens with one attached hydrogen (secondary N) is 1. The monoisotopic (exact) mass is 466 g/mol. The Kier molecular flexibility index (Phi) is 11.1. The zero-order chi connectivity index (χ0) is 25.2. The number of ether oxygens (including phenoxy) is 4. The molecule has 186 valence electrons. The molecule has 0 fully saturated rings. The highest BCUT2D eigenvalue weighted by Crippen LogP contribution is 2.28. The van der Waals surface area contributed by atoms with Crippen LogP contribution in [-0.2, 0) is 30.2 Å². The Morgan fingerprint density at radius 3 is 2.30 bits per heavy atom. The molecule has 0 saturated heterocycles. The van der Waals surface area contributed by atoms with E-state index in [1.807, 2.05) is 13.0 Å². The molecule has 0 aromatic heterocycles. The molecule has 0 aliphatic carbocycles. The average Bonchev–Trinajstić information content (AvgIpc) is 2.76. The zero-order valence-electron chi connectivity index (χ0n) is 21.0. The van der Waals surface area contributed by atoms with Gasteiger partial charge in [0.25, 0.3) is 0 Å². The maximum atomic E-state index is 13.4. The van der Waals surface area contributed by atoms with Crippen LogP contribution in [0.4, 0.5) is 4.79 Å². The van der Waals surface area contributed by atoms with Gasteiger partial charge in [0.1, 0.15) is 23.4 Å². The van der Waals surface area contributed by atoms with Crippen LogP contribution >= 0.6 is 0 Å². The lowest BCUT2D eigenvalue weighted by Gasteiger charge is -2.31. The van der Waals surface area contributed by atoms with E-state index in [1.165, 1.54) is 19.1 Å². The first-order valence-corrected chi connectivity index (χ1v) is 11.0. The zero-order valence-corrected chi connectivity index (χ0v) is 21.0. The number of carbonyl (C=O) groups excluding carboxylic acids is 3. The number of nitrogens with zero attached hydrogens (tertiary/aromatic N) is 1. The molecule has 1 rings (SSSR count). The number of esters is 1. The van der Waals surface area contributed by atoms with Crippen molar-refractivity contribution in [3.8, 4) is 5.75 Å². The first kappa shape index (κ1) is 28.2. The minimum Gasteiger partial charge on any atom is -0.496 e. The SMILES string of the molecule is CCc1cc(C(C(=O)NC(CCCOC)C(=O)OC)N(C)C(=O)OC(C)(C)C)ccc1OC. The smallest absolute Gasteiger partial charge is 0.410 e. The highest BCUT2D eigenvalue weighted by molar-refractivity contribution is 5.90. The van der Waals surface area contributed by atoms with Gasteiger partial charge in [-0.3, -0.25) is 9.69 Å². The molecular formula is C24H38N2O7. The quantitative estimate of drug-likeness (QED) is 0.394. The number of hydrogen-bond acceptors (Lipinski definition) is 7. The number of benzene rings is 1. The number of likely N-dealkylation sites (N-methyl/N-ethyl adjacent to an activating group) is 1. The molecule has 0 heterocycles. The summed E-state index contributed by atoms with van der Waals surface area (Å²) in [6.45, 7) is 7.65. The Balaban J connectivity index is 3.34. The first-order valence-electron chi connectivity index (χ1n) is 11.0. The molecule has 0 saturated carbocycles. The third-order valence-corrected chi connectivity index (χ3v) is 4.96. The van der Waals surface area contributed by atoms with Gasteiger partial charge in [-0.2, -0.15) is 0 Å². The summed E-state index contributed by atoms with van der Waals surface area (Å²) in [5.41, 5.74) is 0.712. The van der Waals surface area contributed by atoms with E-state index in [0.29, 0.717) is 37.2 Å². The van der Waals surface area contributed by atoms with Crippen molar-refractivity contribution in [2.45, 2.75) is 64.6 Å². The van der Waals surface area contributed by atoms with E-state index < -0.39 is 35.7 Å². The number of hydrogen-bond donors (Lipinski definition) is 1. The molecule has 33 heavy (non-hydrogen) atoms. The van der Waals surface area contributed by atoms with Gasteiger partial charge in [-0.05, 0) is 63.3 Å². The third kappa shape index (κ3) is 8.57. The second kappa shape index (κ2) is 13.0. The van der Waals surface area contributed by atoms with Crippen LogP contribution in [0.5, 0.6) is 5.75 Å². The minimum atomic E-state index is -1.04. The largest absolute Gasteiger partial charge is 0.496 e. The second-order valence-corrected chi connectivity index (χ2v) is 8.64. The van der Waals surface area contributed by atoms with Gasteiger partial charge in [-0.1, -0.05) is 13.0 Å². The molecular weight excluding hydrogens is 428 g/mol. The Morgan fingerprint density at radius 2 is 1.79 bits per heavy atom. The molecule has 9 heteroatoms. The lowest BCUT2D eigenvalue weighted by atomic mass is 9.99. The molecule has 0 radical (unpaired) electrons. The summed E-state index contributed by atoms with van der Waals surface area (Å²) in [7, 11) is 5.89. The van der Waals surface area contributed by atoms with E-state index >= 15 is 0 Å². The maximum absolute atomic E-state index is 13.4. The van der Waals surface area contributed by atoms with E-state index in [9.17, 15) is 14.4 Å². The van der Waals surface area contributed by atoms with Gasteiger partial charge in [0.05, 0.1) is 14.2 Å². The van der Waals surface area contributed by atoms with Crippen LogP contribution in [0.25, 0.3) is 0 Å². The molecule has 0 aliphatic heterocycles. The van der Waals surface area contributed by atoms with Gasteiger partial charge in [0.15, 0.2) is 0 Å². The summed E-state index contributed by atoms with van der Waals surface area (Å²) in [4.78, 5) is 39.8. The van der Waals surface area contributed by atoms with E-state index in [-0.39, 0.29) is 0 Å². The Bertz CT molecular complexity index is 804. The van der Waals surface area contributed by atoms with E-state index in [2.05, 4.69) is 5.32 Å². The predicted molar refractivity (Wildman–Crippen MR) is 124 cm³/mol. The van der Waals surface area contributed by atoms with Crippen molar-refractivity contribution >= 4 is 18.0 Å². The van der Waals surface area contributed by atoms with Crippen LogP contribution in [0.15, 0.2) is 18.2 Å². The molecule has 2 atom stereocenters. The number of carbonyl (C=O) groups is 3. The summed E-state index contributed by atoms with van der Waals surface area (Å²) in [5.74, 6) is -0.405. The fraction of sp³-hybridized carbons (Fsp3) is 0.625. The van der Waals surface area contributed by atoms with Crippen molar-refractivity contribution in [2.24, 2.45) is 0 Å². The Labute approximate surface area is 196 Å². The number of methoxy groups -OCH3 is 3. The lowest BCUT2D eigenvalue weighted by Crippen LogP contribution is -2.49. The first-order chi connectivity index (χ1) is 15.5. The normalized spacial score (nSPS) is 13.0. The number of aryl methyl sites for hydroxylation is 1. The summed E-state index contributed by atoms with van der Waals surface area (Å²) in [5, 5.41) is 2.74. The van der Waals surface area contributed by atoms with Gasteiger partial charge in [-0.15, -0.1) is 0 Å². The average molecular weight is 467 g/mol. The van der Waals surface area contributed by atoms with Gasteiger partial charge >= 0.3 is 12.1 Å². The molecule has 1 N–H and O–H groups in total. The Morgan fingerprint density at radius 1 is 1.12 bits per heavy atom. The highest BCUT2D eigenvalue weighted by Gasteiger charge is 2.34. The van der Waals surface area contributed by atoms with Crippen molar-refractivity contribution in [3.05, 3.63) is 29.3 Å². The predicted octanol–water partition coefficient (Wildman–Crippen LogP) is 3.25. The number of amides is 2. The van der Waals surface area contributed by atoms with Gasteiger partial charge in [-0.25, -0.2) is 9.59 Å². The van der Waals surface area contributed by atoms with Crippen LogP contribution in [0, 0.1) is 0 Å². The van der Waals surface area contributed by atoms with Gasteiger partial charge in [0, 0.05) is 20.8 Å². The summed E-state index contributed by atoms with van der Waals surface area (Å²) in [6, 6.07) is 3.39. The lowest BCUT2D eigenvalue weighted by molar-refractivity contribution is -0.146. The summed E-state index contributed by atoms with van der Waals surface area (Å²) < 4.78 is 20.8. The van der Waals surface area contributed by atoms with Crippen LogP contribution in [-0.4, -0.2) is 69.5 Å². The van der Waals surface area contributed by atoms with Gasteiger partial charge < -0.3 is 24.3 Å². The fourth-order valence-electron chi connectivity index (χ4n) is 3.31. The molecule has 1 aromatic carbocycles. The summed E-state index contributed by atoms with van der Waals surface area (Å²) in [6.07, 6.45) is 0.887. The number of rotatable bonds is 11. The van der Waals surface area contributed by atoms with Crippen LogP contribution in [0.1, 0.15) is 57.7 Å². The molecule has 2 amide bonds. The summed E-state index contributed by atoms with van der Waals surface area (Å²) >= 11 is 0. The maximum Gasteiger partial charge on any atom is 0.410 e. The standard InChI is InChI=1S/C24H38N2O7/c1-9-16-15-17(12-13-19(16)31-7)20(26(5)23(29)33-24(2,3)4)21(27)25-18(22(28)32-8)11-10-14-30-6/h12-13,15,18,20H,9-11,14H2,1-8H3,(H,25,27). The molecule has 1 aromatic rings. The fourth-order valence-corrected chi connectivity index (χ4v) is 3.31. The van der Waals surface area contributed by atoms with Crippen molar-refractivity contribution in [2.75, 3.05) is 35.0 Å². The van der Waals surface area contributed by atoms with E-state index in [1.54, 1.807) is 47.1 Å². The van der Waals surface area contributed by atoms with E-state index in [0.717, 1.165) is 5.56 Å². The second-order valence-electron chi connectivity index (χ2n) is 8.64. The van der Waals surface area contributed by atoms with Crippen molar-refractivity contribution in [3.63, 3.8) is 0 Å². The topological polar surface area (TPSA) is 103 Å². The highest BCUT2D eigenvalue weighted by atomic mass is 16.6. The van der Waals surface area contributed by atoms with Crippen molar-refractivity contribution in [1.82, 2.24) is 10.2 Å². The molecule has 9 nitrogen and oxygen atoms in total. The minimum absolute atomic E-state index is 0.331. The van der Waals surface area contributed by atoms with Crippen molar-refractivity contribution < 1.29 is 33.3 Å². The van der Waals surface area contributed by atoms with Crippen LogP contribution in [0.2, 0.25) is 0 Å². The molecule has 0 aliphatic rings. The van der Waals surface area contributed by atoms with Crippen LogP contribution in [0.3, 0.4) is 0 Å². The Hall–Kier alpha value is -2.81. The van der Waals surface area contributed by atoms with E-state index in [4.69, 9.17) is 18.9 Å². The van der Waals surface area contributed by atoms with Crippen LogP contribution < -0.4 is 10.1 Å². The third-order valence-electron chi connectivity index (χ3n) is 4.96. The van der Waals surface area contributed by atoms with Gasteiger partial charge in [0.2, 0.25) is 5.91 Å². The van der Waals surface area contributed by atoms with Crippen molar-refractivity contribution in [1.29, 1.82) is 0 Å². The molecule has 0 spiro atoms.